The van der Waals surface area contributed by atoms with Gasteiger partial charge in [0, 0.05) is 10.6 Å². The van der Waals surface area contributed by atoms with Crippen LogP contribution in [-0.2, 0) is 6.54 Å². The van der Waals surface area contributed by atoms with Crippen LogP contribution in [0.5, 0.6) is 0 Å². The summed E-state index contributed by atoms with van der Waals surface area (Å²) >= 11 is 6.03. The molecular weight excluding hydrogens is 286 g/mol. The average Bonchev–Trinajstić information content (AvgIpc) is 2.88. The first-order chi connectivity index (χ1) is 10.2. The first-order valence-electron chi connectivity index (χ1n) is 6.64. The molecule has 4 rings (SSSR count). The first-order valence-corrected chi connectivity index (χ1v) is 7.01. The SMILES string of the molecule is Cc1ccc(N2N=NN3Cc4cc(Cl)ccc4N=C32)cc1. The topological polar surface area (TPSA) is 43.6 Å². The lowest BCUT2D eigenvalue weighted by Crippen LogP contribution is -2.34. The van der Waals surface area contributed by atoms with Crippen LogP contribution in [0.15, 0.2) is 57.9 Å². The minimum atomic E-state index is 0.626. The maximum Gasteiger partial charge on any atom is 0.251 e. The van der Waals surface area contributed by atoms with Crippen LogP contribution in [0.2, 0.25) is 5.02 Å². The highest BCUT2D eigenvalue weighted by atomic mass is 35.5. The third-order valence-electron chi connectivity index (χ3n) is 3.52. The lowest BCUT2D eigenvalue weighted by molar-refractivity contribution is 0.427. The predicted octanol–water partition coefficient (Wildman–Crippen LogP) is 4.25. The second kappa shape index (κ2) is 4.56. The van der Waals surface area contributed by atoms with Crippen molar-refractivity contribution >= 4 is 28.9 Å². The summed E-state index contributed by atoms with van der Waals surface area (Å²) in [6.45, 7) is 2.68. The molecule has 2 aromatic carbocycles. The summed E-state index contributed by atoms with van der Waals surface area (Å²) in [5, 5.41) is 12.6. The second-order valence-corrected chi connectivity index (χ2v) is 5.51. The highest BCUT2D eigenvalue weighted by Gasteiger charge is 2.30. The summed E-state index contributed by atoms with van der Waals surface area (Å²) in [7, 11) is 0. The van der Waals surface area contributed by atoms with Crippen LogP contribution in [-0.4, -0.2) is 11.0 Å². The van der Waals surface area contributed by atoms with Crippen molar-refractivity contribution < 1.29 is 0 Å². The molecule has 2 heterocycles. The smallest absolute Gasteiger partial charge is 0.212 e. The van der Waals surface area contributed by atoms with Crippen molar-refractivity contribution in [1.82, 2.24) is 5.01 Å². The van der Waals surface area contributed by atoms with Gasteiger partial charge in [-0.2, -0.15) is 5.01 Å². The monoisotopic (exact) mass is 297 g/mol. The van der Waals surface area contributed by atoms with Gasteiger partial charge in [0.15, 0.2) is 0 Å². The van der Waals surface area contributed by atoms with Crippen LogP contribution >= 0.6 is 11.6 Å². The van der Waals surface area contributed by atoms with Crippen LogP contribution in [0.1, 0.15) is 11.1 Å². The maximum absolute atomic E-state index is 6.03. The summed E-state index contributed by atoms with van der Waals surface area (Å²) in [5.41, 5.74) is 4.12. The minimum Gasteiger partial charge on any atom is -0.212 e. The molecule has 0 radical (unpaired) electrons. The third kappa shape index (κ3) is 2.06. The van der Waals surface area contributed by atoms with Gasteiger partial charge in [-0.25, -0.2) is 10.0 Å². The van der Waals surface area contributed by atoms with Gasteiger partial charge in [-0.05, 0) is 47.7 Å². The van der Waals surface area contributed by atoms with E-state index in [9.17, 15) is 0 Å². The van der Waals surface area contributed by atoms with Gasteiger partial charge in [-0.1, -0.05) is 29.3 Å². The molecule has 6 heteroatoms. The Morgan fingerprint density at radius 2 is 1.86 bits per heavy atom. The zero-order valence-electron chi connectivity index (χ0n) is 11.4. The number of nitrogens with zero attached hydrogens (tertiary/aromatic N) is 5. The van der Waals surface area contributed by atoms with Crippen molar-refractivity contribution in [3.05, 3.63) is 58.6 Å². The van der Waals surface area contributed by atoms with E-state index in [0.29, 0.717) is 17.5 Å². The Morgan fingerprint density at radius 1 is 1.05 bits per heavy atom. The Kier molecular flexibility index (Phi) is 2.68. The van der Waals surface area contributed by atoms with Gasteiger partial charge in [0.05, 0.1) is 17.9 Å². The van der Waals surface area contributed by atoms with Crippen LogP contribution in [0.25, 0.3) is 0 Å². The summed E-state index contributed by atoms with van der Waals surface area (Å²) < 4.78 is 0. The Bertz CT molecular complexity index is 766. The predicted molar refractivity (Wildman–Crippen MR) is 82.6 cm³/mol. The van der Waals surface area contributed by atoms with E-state index in [1.165, 1.54) is 5.56 Å². The number of benzene rings is 2. The number of anilines is 1. The van der Waals surface area contributed by atoms with Gasteiger partial charge in [0.25, 0.3) is 5.96 Å². The number of halogens is 1. The fraction of sp³-hybridized carbons (Fsp3) is 0.133. The van der Waals surface area contributed by atoms with Gasteiger partial charge in [-0.15, -0.1) is 0 Å². The molecule has 0 spiro atoms. The summed E-state index contributed by atoms with van der Waals surface area (Å²) in [6, 6.07) is 13.8. The first kappa shape index (κ1) is 12.3. The van der Waals surface area contributed by atoms with Crippen molar-refractivity contribution in [1.29, 1.82) is 0 Å². The van der Waals surface area contributed by atoms with E-state index < -0.39 is 0 Å². The lowest BCUT2D eigenvalue weighted by Gasteiger charge is -2.23. The molecule has 2 aliphatic rings. The molecule has 2 aromatic rings. The molecule has 0 atom stereocenters. The molecule has 0 aromatic heterocycles. The molecule has 5 nitrogen and oxygen atoms in total. The van der Waals surface area contributed by atoms with Gasteiger partial charge < -0.3 is 0 Å². The molecule has 2 aliphatic heterocycles. The van der Waals surface area contributed by atoms with Gasteiger partial charge >= 0.3 is 0 Å². The number of guanidine groups is 1. The van der Waals surface area contributed by atoms with Crippen LogP contribution < -0.4 is 5.01 Å². The largest absolute Gasteiger partial charge is 0.251 e. The molecule has 21 heavy (non-hydrogen) atoms. The zero-order valence-corrected chi connectivity index (χ0v) is 12.1. The fourth-order valence-electron chi connectivity index (χ4n) is 2.40. The van der Waals surface area contributed by atoms with Crippen LogP contribution in [0.3, 0.4) is 0 Å². The van der Waals surface area contributed by atoms with E-state index in [2.05, 4.69) is 22.4 Å². The summed E-state index contributed by atoms with van der Waals surface area (Å²) in [5.74, 6) is 0.716. The molecule has 0 saturated carbocycles. The number of aliphatic imine (C=N–C) groups is 1. The molecular formula is C15H12ClN5. The van der Waals surface area contributed by atoms with Crippen molar-refractivity contribution in [3.63, 3.8) is 0 Å². The van der Waals surface area contributed by atoms with E-state index in [1.54, 1.807) is 10.0 Å². The Labute approximate surface area is 127 Å². The van der Waals surface area contributed by atoms with Gasteiger partial charge in [-0.3, -0.25) is 0 Å². The Morgan fingerprint density at radius 3 is 2.67 bits per heavy atom. The van der Waals surface area contributed by atoms with Crippen molar-refractivity contribution in [2.75, 3.05) is 5.01 Å². The fourth-order valence-corrected chi connectivity index (χ4v) is 2.59. The van der Waals surface area contributed by atoms with E-state index in [4.69, 9.17) is 11.6 Å². The third-order valence-corrected chi connectivity index (χ3v) is 3.75. The molecule has 0 N–H and O–H groups in total. The van der Waals surface area contributed by atoms with Gasteiger partial charge in [0.1, 0.15) is 0 Å². The second-order valence-electron chi connectivity index (χ2n) is 5.07. The normalized spacial score (nSPS) is 15.8. The van der Waals surface area contributed by atoms with Crippen molar-refractivity contribution in [2.24, 2.45) is 15.4 Å². The highest BCUT2D eigenvalue weighted by Crippen LogP contribution is 2.33. The Hall–Kier alpha value is -2.40. The van der Waals surface area contributed by atoms with Crippen molar-refractivity contribution in [2.45, 2.75) is 13.5 Å². The van der Waals surface area contributed by atoms with Gasteiger partial charge in [0.2, 0.25) is 0 Å². The number of aryl methyl sites for hydroxylation is 1. The van der Waals surface area contributed by atoms with E-state index in [-0.39, 0.29) is 0 Å². The maximum atomic E-state index is 6.03. The average molecular weight is 298 g/mol. The highest BCUT2D eigenvalue weighted by molar-refractivity contribution is 6.30. The van der Waals surface area contributed by atoms with Crippen LogP contribution in [0.4, 0.5) is 11.4 Å². The van der Waals surface area contributed by atoms with E-state index in [0.717, 1.165) is 16.9 Å². The van der Waals surface area contributed by atoms with Crippen LogP contribution in [0, 0.1) is 6.92 Å². The number of hydrogen-bond acceptors (Lipinski definition) is 5. The number of hydrogen-bond donors (Lipinski definition) is 0. The number of fused-ring (bicyclic) bond motifs is 2. The van der Waals surface area contributed by atoms with E-state index in [1.807, 2.05) is 42.5 Å². The molecule has 0 unspecified atom stereocenters. The minimum absolute atomic E-state index is 0.626. The standard InChI is InChI=1S/C15H12ClN5/c1-10-2-5-13(6-3-10)21-15-17-14-7-4-12(16)8-11(14)9-20(15)18-19-21/h2-8H,9H2,1H3. The summed E-state index contributed by atoms with van der Waals surface area (Å²) in [6.07, 6.45) is 0. The number of rotatable bonds is 1. The molecule has 0 amide bonds. The molecule has 104 valence electrons. The molecule has 0 fully saturated rings. The Balaban J connectivity index is 1.75. The van der Waals surface area contributed by atoms with Crippen molar-refractivity contribution in [3.8, 4) is 0 Å². The lowest BCUT2D eigenvalue weighted by atomic mass is 10.1. The summed E-state index contributed by atoms with van der Waals surface area (Å²) in [4.78, 5) is 4.65. The molecule has 0 bridgehead atoms. The molecule has 0 aliphatic carbocycles. The van der Waals surface area contributed by atoms with E-state index >= 15 is 0 Å². The zero-order chi connectivity index (χ0) is 14.4. The molecule has 0 saturated heterocycles. The quantitative estimate of drug-likeness (QED) is 0.789.